The summed E-state index contributed by atoms with van der Waals surface area (Å²) >= 11 is 0. The summed E-state index contributed by atoms with van der Waals surface area (Å²) in [4.78, 5) is 0. The second kappa shape index (κ2) is 19.1. The van der Waals surface area contributed by atoms with E-state index >= 15 is 0 Å². The minimum atomic E-state index is 0.407. The van der Waals surface area contributed by atoms with Crippen molar-refractivity contribution in [3.63, 3.8) is 0 Å². The molecule has 0 amide bonds. The molecule has 0 N–H and O–H groups in total. The zero-order valence-corrected chi connectivity index (χ0v) is 23.2. The monoisotopic (exact) mass is 466 g/mol. The normalized spacial score (nSPS) is 12.6. The highest BCUT2D eigenvalue weighted by molar-refractivity contribution is 9.26. The van der Waals surface area contributed by atoms with Gasteiger partial charge >= 0.3 is 0 Å². The molecule has 4 heteroatoms. The highest BCUT2D eigenvalue weighted by Gasteiger charge is 2.22. The fourth-order valence-corrected chi connectivity index (χ4v) is 11.3. The van der Waals surface area contributed by atoms with E-state index in [-0.39, 0.29) is 0 Å². The summed E-state index contributed by atoms with van der Waals surface area (Å²) < 4.78 is 0.814. The lowest BCUT2D eigenvalue weighted by Crippen LogP contribution is -2.13. The quantitative estimate of drug-likeness (QED) is 0.122. The molecule has 170 valence electrons. The first-order chi connectivity index (χ1) is 13.3. The summed E-state index contributed by atoms with van der Waals surface area (Å²) in [5.41, 5.74) is 0. The maximum atomic E-state index is 2.43. The van der Waals surface area contributed by atoms with Crippen molar-refractivity contribution in [3.8, 4) is 0 Å². The van der Waals surface area contributed by atoms with E-state index in [1.165, 1.54) is 103 Å². The fourth-order valence-electron chi connectivity index (χ4n) is 3.31. The molecule has 0 aliphatic heterocycles. The standard InChI is InChI=1S/C24H50S4/c1-7-9-11-13-15-17-19-21-23(3,4)25-27-28-26-24(5,6)22-20-18-16-14-12-10-8-2/h7-22H2,1-6H3. The number of unbranched alkanes of at least 4 members (excludes halogenated alkanes) is 12. The second-order valence-corrected chi connectivity index (χ2v) is 16.6. The predicted molar refractivity (Wildman–Crippen MR) is 144 cm³/mol. The molecule has 0 aromatic heterocycles. The van der Waals surface area contributed by atoms with Gasteiger partial charge in [-0.2, -0.15) is 0 Å². The lowest BCUT2D eigenvalue weighted by atomic mass is 10.0. The Kier molecular flexibility index (Phi) is 20.1. The van der Waals surface area contributed by atoms with Crippen LogP contribution in [0.1, 0.15) is 144 Å². The molecule has 0 atom stereocenters. The van der Waals surface area contributed by atoms with Crippen molar-refractivity contribution in [1.29, 1.82) is 0 Å². The molecule has 0 rings (SSSR count). The van der Waals surface area contributed by atoms with Crippen molar-refractivity contribution < 1.29 is 0 Å². The highest BCUT2D eigenvalue weighted by atomic mass is 33.7. The fraction of sp³-hybridized carbons (Fsp3) is 1.00. The summed E-state index contributed by atoms with van der Waals surface area (Å²) in [6.45, 7) is 14.3. The van der Waals surface area contributed by atoms with Gasteiger partial charge in [0.2, 0.25) is 0 Å². The number of hydrogen-bond acceptors (Lipinski definition) is 4. The van der Waals surface area contributed by atoms with Crippen molar-refractivity contribution in [2.45, 2.75) is 154 Å². The first-order valence-corrected chi connectivity index (χ1v) is 16.8. The molecule has 0 radical (unpaired) electrons. The predicted octanol–water partition coefficient (Wildman–Crippen LogP) is 11.5. The van der Waals surface area contributed by atoms with Crippen LogP contribution in [0.5, 0.6) is 0 Å². The lowest BCUT2D eigenvalue weighted by molar-refractivity contribution is 0.538. The molecule has 0 saturated heterocycles. The van der Waals surface area contributed by atoms with E-state index in [0.717, 1.165) is 0 Å². The van der Waals surface area contributed by atoms with E-state index in [4.69, 9.17) is 0 Å². The summed E-state index contributed by atoms with van der Waals surface area (Å²) in [5, 5.41) is 0. The Balaban J connectivity index is 3.64. The van der Waals surface area contributed by atoms with Gasteiger partial charge in [-0.05, 0) is 60.2 Å². The molecular weight excluding hydrogens is 417 g/mol. The topological polar surface area (TPSA) is 0 Å². The van der Waals surface area contributed by atoms with E-state index in [9.17, 15) is 0 Å². The van der Waals surface area contributed by atoms with Crippen molar-refractivity contribution >= 4 is 41.2 Å². The van der Waals surface area contributed by atoms with Crippen LogP contribution in [0.3, 0.4) is 0 Å². The van der Waals surface area contributed by atoms with Crippen LogP contribution in [0.4, 0.5) is 0 Å². The summed E-state index contributed by atoms with van der Waals surface area (Å²) in [6.07, 6.45) is 22.5. The van der Waals surface area contributed by atoms with Gasteiger partial charge in [0, 0.05) is 9.49 Å². The van der Waals surface area contributed by atoms with Crippen LogP contribution in [0, 0.1) is 0 Å². The third-order valence-electron chi connectivity index (χ3n) is 5.31. The number of hydrogen-bond donors (Lipinski definition) is 0. The summed E-state index contributed by atoms with van der Waals surface area (Å²) in [7, 11) is 8.20. The Hall–Kier alpha value is 1.40. The molecule has 0 aliphatic carbocycles. The Morgan fingerprint density at radius 3 is 1.04 bits per heavy atom. The SMILES string of the molecule is CCCCCCCCCC(C)(C)SSSSC(C)(C)CCCCCCCCC. The van der Waals surface area contributed by atoms with Crippen LogP contribution in [-0.4, -0.2) is 9.49 Å². The van der Waals surface area contributed by atoms with Gasteiger partial charge in [0.1, 0.15) is 0 Å². The van der Waals surface area contributed by atoms with E-state index in [0.29, 0.717) is 9.49 Å². The average Bonchev–Trinajstić information content (AvgIpc) is 2.64. The average molecular weight is 467 g/mol. The van der Waals surface area contributed by atoms with Gasteiger partial charge in [0.25, 0.3) is 0 Å². The zero-order chi connectivity index (χ0) is 21.1. The Bertz CT molecular complexity index is 297. The van der Waals surface area contributed by atoms with Gasteiger partial charge in [-0.1, -0.05) is 125 Å². The molecule has 0 nitrogen and oxygen atoms in total. The Labute approximate surface area is 194 Å². The van der Waals surface area contributed by atoms with E-state index < -0.39 is 0 Å². The minimum absolute atomic E-state index is 0.407. The molecule has 0 aromatic carbocycles. The molecule has 0 heterocycles. The molecule has 0 saturated carbocycles. The van der Waals surface area contributed by atoms with Crippen LogP contribution < -0.4 is 0 Å². The van der Waals surface area contributed by atoms with Gasteiger partial charge in [0.15, 0.2) is 0 Å². The Morgan fingerprint density at radius 2 is 0.714 bits per heavy atom. The van der Waals surface area contributed by atoms with Crippen LogP contribution in [0.15, 0.2) is 0 Å². The molecule has 0 unspecified atom stereocenters. The van der Waals surface area contributed by atoms with Crippen molar-refractivity contribution in [3.05, 3.63) is 0 Å². The largest absolute Gasteiger partial charge is 0.0755 e. The van der Waals surface area contributed by atoms with Crippen LogP contribution in [0.2, 0.25) is 0 Å². The van der Waals surface area contributed by atoms with Gasteiger partial charge in [-0.15, -0.1) is 0 Å². The summed E-state index contributed by atoms with van der Waals surface area (Å²) in [6, 6.07) is 0. The molecule has 0 aromatic rings. The molecule has 0 aliphatic rings. The lowest BCUT2D eigenvalue weighted by Gasteiger charge is -2.25. The van der Waals surface area contributed by atoms with E-state index in [2.05, 4.69) is 63.1 Å². The summed E-state index contributed by atoms with van der Waals surface area (Å²) in [5.74, 6) is 0. The first kappa shape index (κ1) is 29.4. The molecule has 28 heavy (non-hydrogen) atoms. The third-order valence-corrected chi connectivity index (χ3v) is 13.3. The maximum Gasteiger partial charge on any atom is 0.0215 e. The van der Waals surface area contributed by atoms with E-state index in [1.807, 2.05) is 19.7 Å². The molecule has 0 spiro atoms. The van der Waals surface area contributed by atoms with Gasteiger partial charge < -0.3 is 0 Å². The van der Waals surface area contributed by atoms with Crippen molar-refractivity contribution in [2.75, 3.05) is 0 Å². The minimum Gasteiger partial charge on any atom is -0.0755 e. The van der Waals surface area contributed by atoms with Gasteiger partial charge in [0.05, 0.1) is 0 Å². The maximum absolute atomic E-state index is 2.43. The van der Waals surface area contributed by atoms with Gasteiger partial charge in [-0.25, -0.2) is 0 Å². The Morgan fingerprint density at radius 1 is 0.429 bits per heavy atom. The van der Waals surface area contributed by atoms with E-state index in [1.54, 1.807) is 0 Å². The van der Waals surface area contributed by atoms with Crippen molar-refractivity contribution in [2.24, 2.45) is 0 Å². The number of rotatable bonds is 21. The molecule has 0 bridgehead atoms. The van der Waals surface area contributed by atoms with Gasteiger partial charge in [-0.3, -0.25) is 0 Å². The smallest absolute Gasteiger partial charge is 0.0215 e. The molecular formula is C24H50S4. The zero-order valence-electron chi connectivity index (χ0n) is 19.9. The first-order valence-electron chi connectivity index (χ1n) is 12.0. The van der Waals surface area contributed by atoms with Crippen molar-refractivity contribution in [1.82, 2.24) is 0 Å². The van der Waals surface area contributed by atoms with Crippen LogP contribution >= 0.6 is 41.2 Å². The molecule has 0 fully saturated rings. The third kappa shape index (κ3) is 20.7. The second-order valence-electron chi connectivity index (χ2n) is 9.56. The van der Waals surface area contributed by atoms with Crippen LogP contribution in [-0.2, 0) is 0 Å². The van der Waals surface area contributed by atoms with Crippen LogP contribution in [0.25, 0.3) is 0 Å². The highest BCUT2D eigenvalue weighted by Crippen LogP contribution is 2.54.